The lowest BCUT2D eigenvalue weighted by Gasteiger charge is -2.29. The highest BCUT2D eigenvalue weighted by Gasteiger charge is 2.41. The van der Waals surface area contributed by atoms with Gasteiger partial charge in [0.05, 0.1) is 5.92 Å². The maximum Gasteiger partial charge on any atom is 0.311 e. The van der Waals surface area contributed by atoms with Crippen molar-refractivity contribution in [3.63, 3.8) is 0 Å². The number of carbonyl (C=O) groups excluding carboxylic acids is 2. The van der Waals surface area contributed by atoms with Gasteiger partial charge in [0.15, 0.2) is 0 Å². The fourth-order valence-corrected chi connectivity index (χ4v) is 1.89. The number of hydrogen-bond acceptors (Lipinski definition) is 3. The van der Waals surface area contributed by atoms with Gasteiger partial charge < -0.3 is 9.64 Å². The van der Waals surface area contributed by atoms with Crippen LogP contribution in [-0.4, -0.2) is 30.1 Å². The van der Waals surface area contributed by atoms with Crippen molar-refractivity contribution >= 4 is 11.9 Å². The van der Waals surface area contributed by atoms with Crippen LogP contribution in [0.25, 0.3) is 0 Å². The molecule has 1 amide bonds. The van der Waals surface area contributed by atoms with Gasteiger partial charge in [0.1, 0.15) is 0 Å². The van der Waals surface area contributed by atoms with Crippen LogP contribution in [0.2, 0.25) is 0 Å². The van der Waals surface area contributed by atoms with Crippen LogP contribution < -0.4 is 0 Å². The van der Waals surface area contributed by atoms with Crippen molar-refractivity contribution in [2.75, 3.05) is 7.05 Å². The van der Waals surface area contributed by atoms with Crippen molar-refractivity contribution in [3.05, 3.63) is 11.6 Å². The Morgan fingerprint density at radius 2 is 2.00 bits per heavy atom. The minimum Gasteiger partial charge on any atom is -0.437 e. The zero-order chi connectivity index (χ0) is 12.8. The first-order chi connectivity index (χ1) is 7.80. The van der Waals surface area contributed by atoms with Crippen LogP contribution in [-0.2, 0) is 14.3 Å². The molecule has 1 saturated carbocycles. The average molecular weight is 237 g/mol. The van der Waals surface area contributed by atoms with Gasteiger partial charge in [-0.2, -0.15) is 0 Å². The zero-order valence-electron chi connectivity index (χ0n) is 10.8. The van der Waals surface area contributed by atoms with Crippen LogP contribution in [0.4, 0.5) is 0 Å². The molecule has 4 nitrogen and oxygen atoms in total. The van der Waals surface area contributed by atoms with Crippen LogP contribution in [0.1, 0.15) is 33.6 Å². The van der Waals surface area contributed by atoms with E-state index in [0.717, 1.165) is 18.4 Å². The monoisotopic (exact) mass is 237 g/mol. The normalized spacial score (nSPS) is 24.9. The molecule has 0 N–H and O–H groups in total. The minimum atomic E-state index is -0.518. The molecule has 1 atom stereocenters. The molecule has 2 aliphatic rings. The highest BCUT2D eigenvalue weighted by molar-refractivity contribution is 5.92. The van der Waals surface area contributed by atoms with Gasteiger partial charge in [-0.25, -0.2) is 0 Å². The molecule has 0 spiro atoms. The van der Waals surface area contributed by atoms with Crippen molar-refractivity contribution in [3.8, 4) is 0 Å². The zero-order valence-corrected chi connectivity index (χ0v) is 10.8. The van der Waals surface area contributed by atoms with Crippen molar-refractivity contribution in [1.29, 1.82) is 0 Å². The van der Waals surface area contributed by atoms with E-state index < -0.39 is 6.23 Å². The molecule has 4 heteroatoms. The molecule has 94 valence electrons. The van der Waals surface area contributed by atoms with Crippen LogP contribution in [0, 0.1) is 11.3 Å². The van der Waals surface area contributed by atoms with E-state index in [2.05, 4.69) is 0 Å². The molecule has 0 aromatic rings. The number of amides is 1. The van der Waals surface area contributed by atoms with Crippen molar-refractivity contribution < 1.29 is 14.3 Å². The number of carbonyl (C=O) groups is 2. The fraction of sp³-hybridized carbons (Fsp3) is 0.692. The first-order valence-electron chi connectivity index (χ1n) is 6.00. The summed E-state index contributed by atoms with van der Waals surface area (Å²) in [4.78, 5) is 24.9. The molecule has 0 aromatic carbocycles. The average Bonchev–Trinajstić information content (AvgIpc) is 2.99. The first-order valence-corrected chi connectivity index (χ1v) is 6.00. The minimum absolute atomic E-state index is 0.0559. The predicted molar refractivity (Wildman–Crippen MR) is 62.9 cm³/mol. The topological polar surface area (TPSA) is 46.6 Å². The Kier molecular flexibility index (Phi) is 2.76. The second-order valence-corrected chi connectivity index (χ2v) is 5.86. The van der Waals surface area contributed by atoms with E-state index >= 15 is 0 Å². The van der Waals surface area contributed by atoms with Gasteiger partial charge in [-0.1, -0.05) is 20.8 Å². The Morgan fingerprint density at radius 1 is 1.41 bits per heavy atom. The van der Waals surface area contributed by atoms with Crippen LogP contribution >= 0.6 is 0 Å². The molecular formula is C13H19NO3. The van der Waals surface area contributed by atoms with E-state index in [1.807, 2.05) is 20.8 Å². The second kappa shape index (κ2) is 3.86. The smallest absolute Gasteiger partial charge is 0.311 e. The van der Waals surface area contributed by atoms with Gasteiger partial charge in [0.2, 0.25) is 12.1 Å². The molecule has 0 radical (unpaired) electrons. The second-order valence-electron chi connectivity index (χ2n) is 5.86. The predicted octanol–water partition coefficient (Wildman–Crippen LogP) is 1.71. The quantitative estimate of drug-likeness (QED) is 0.687. The highest BCUT2D eigenvalue weighted by Crippen LogP contribution is 2.37. The number of likely N-dealkylation sites (N-methyl/N-ethyl adjacent to an activating group) is 1. The van der Waals surface area contributed by atoms with Gasteiger partial charge in [-0.3, -0.25) is 9.59 Å². The van der Waals surface area contributed by atoms with Crippen molar-refractivity contribution in [2.45, 2.75) is 39.8 Å². The number of ether oxygens (including phenoxy) is 1. The molecule has 0 bridgehead atoms. The van der Waals surface area contributed by atoms with Gasteiger partial charge >= 0.3 is 5.97 Å². The summed E-state index contributed by atoms with van der Waals surface area (Å²) in [5, 5.41) is 0. The van der Waals surface area contributed by atoms with Gasteiger partial charge in [0.25, 0.3) is 0 Å². The number of esters is 1. The summed E-state index contributed by atoms with van der Waals surface area (Å²) < 4.78 is 5.45. The van der Waals surface area contributed by atoms with E-state index in [1.54, 1.807) is 13.1 Å². The largest absolute Gasteiger partial charge is 0.437 e. The molecule has 0 aromatic heterocycles. The summed E-state index contributed by atoms with van der Waals surface area (Å²) in [5.74, 6) is -0.212. The molecule has 2 rings (SSSR count). The Balaban J connectivity index is 2.15. The molecule has 0 saturated heterocycles. The number of hydrogen-bond donors (Lipinski definition) is 0. The molecular weight excluding hydrogens is 218 g/mol. The molecule has 1 unspecified atom stereocenters. The lowest BCUT2D eigenvalue weighted by molar-refractivity contribution is -0.158. The molecule has 17 heavy (non-hydrogen) atoms. The molecule has 1 aliphatic carbocycles. The summed E-state index contributed by atoms with van der Waals surface area (Å²) in [6.07, 6.45) is 2.90. The van der Waals surface area contributed by atoms with Crippen molar-refractivity contribution in [1.82, 2.24) is 4.90 Å². The fourth-order valence-electron chi connectivity index (χ4n) is 1.89. The standard InChI is InChI=1S/C13H19NO3/c1-13(2,3)9-7-10(15)14(4)11(9)17-12(16)8-5-6-8/h7-8,11H,5-6H2,1-4H3. The molecule has 1 fully saturated rings. The molecule has 1 aliphatic heterocycles. The van der Waals surface area contributed by atoms with Gasteiger partial charge in [-0.15, -0.1) is 0 Å². The summed E-state index contributed by atoms with van der Waals surface area (Å²) in [6, 6.07) is 0. The van der Waals surface area contributed by atoms with Crippen LogP contribution in [0.15, 0.2) is 11.6 Å². The lowest BCUT2D eigenvalue weighted by atomic mass is 9.86. The highest BCUT2D eigenvalue weighted by atomic mass is 16.6. The van der Waals surface area contributed by atoms with Crippen LogP contribution in [0.3, 0.4) is 0 Å². The Bertz CT molecular complexity index is 388. The van der Waals surface area contributed by atoms with Crippen molar-refractivity contribution in [2.24, 2.45) is 11.3 Å². The van der Waals surface area contributed by atoms with Gasteiger partial charge in [-0.05, 0) is 18.3 Å². The molecule has 1 heterocycles. The Labute approximate surface area is 102 Å². The van der Waals surface area contributed by atoms with E-state index in [1.165, 1.54) is 4.90 Å². The third-order valence-electron chi connectivity index (χ3n) is 3.25. The van der Waals surface area contributed by atoms with Crippen LogP contribution in [0.5, 0.6) is 0 Å². The number of nitrogens with zero attached hydrogens (tertiary/aromatic N) is 1. The lowest BCUT2D eigenvalue weighted by Crippen LogP contribution is -2.38. The van der Waals surface area contributed by atoms with E-state index in [-0.39, 0.29) is 23.2 Å². The summed E-state index contributed by atoms with van der Waals surface area (Å²) >= 11 is 0. The van der Waals surface area contributed by atoms with E-state index in [0.29, 0.717) is 0 Å². The maximum absolute atomic E-state index is 11.7. The van der Waals surface area contributed by atoms with E-state index in [4.69, 9.17) is 4.74 Å². The third-order valence-corrected chi connectivity index (χ3v) is 3.25. The third kappa shape index (κ3) is 2.35. The number of rotatable bonds is 2. The Hall–Kier alpha value is -1.32. The SMILES string of the molecule is CN1C(=O)C=C(C(C)(C)C)C1OC(=O)C1CC1. The Morgan fingerprint density at radius 3 is 2.47 bits per heavy atom. The summed E-state index contributed by atoms with van der Waals surface area (Å²) in [6.45, 7) is 6.05. The maximum atomic E-state index is 11.7. The van der Waals surface area contributed by atoms with Gasteiger partial charge in [0, 0.05) is 18.7 Å². The van der Waals surface area contributed by atoms with E-state index in [9.17, 15) is 9.59 Å². The summed E-state index contributed by atoms with van der Waals surface area (Å²) in [5.41, 5.74) is 0.702. The summed E-state index contributed by atoms with van der Waals surface area (Å²) in [7, 11) is 1.67. The first kappa shape index (κ1) is 12.1.